The zero-order chi connectivity index (χ0) is 19.2. The minimum Gasteiger partial charge on any atom is -0.368 e. The van der Waals surface area contributed by atoms with Crippen LogP contribution in [0.25, 0.3) is 11.0 Å². The molecule has 0 bridgehead atoms. The number of aromatic nitrogens is 2. The molecule has 1 heterocycles. The number of carbonyl (C=O) groups excluding carboxylic acids is 2. The van der Waals surface area contributed by atoms with E-state index in [1.54, 1.807) is 0 Å². The average Bonchev–Trinajstić information content (AvgIpc) is 3.01. The smallest absolute Gasteiger partial charge is 0.323 e. The summed E-state index contributed by atoms with van der Waals surface area (Å²) in [7, 11) is 0. The molecule has 3 rings (SSSR count). The third-order valence-corrected chi connectivity index (χ3v) is 4.35. The molecule has 0 atom stereocenters. The summed E-state index contributed by atoms with van der Waals surface area (Å²) in [5.41, 5.74) is 8.56. The lowest BCUT2D eigenvalue weighted by atomic mass is 10.1. The predicted molar refractivity (Wildman–Crippen MR) is 103 cm³/mol. The maximum Gasteiger partial charge on any atom is 0.323 e. The number of primary amides is 1. The number of imidazole rings is 1. The monoisotopic (exact) mass is 366 g/mol. The number of aromatic amines is 2. The Labute approximate surface area is 156 Å². The van der Waals surface area contributed by atoms with Gasteiger partial charge in [0.1, 0.15) is 0 Å². The fraction of sp³-hybridized carbons (Fsp3) is 0.250. The lowest BCUT2D eigenvalue weighted by Gasteiger charge is -2.21. The van der Waals surface area contributed by atoms with Crippen molar-refractivity contribution in [2.75, 3.05) is 6.54 Å². The first-order chi connectivity index (χ1) is 13.0. The minimum atomic E-state index is -0.527. The van der Waals surface area contributed by atoms with E-state index in [9.17, 15) is 14.4 Å². The Kier molecular flexibility index (Phi) is 5.71. The van der Waals surface area contributed by atoms with E-state index in [1.807, 2.05) is 48.5 Å². The SMILES string of the molecule is NC(=O)CN(Cc1ccccc1)C(=O)CCCc1ccc2[nH]c(=O)[nH]c2c1. The van der Waals surface area contributed by atoms with Crippen LogP contribution in [0.2, 0.25) is 0 Å². The van der Waals surface area contributed by atoms with Gasteiger partial charge < -0.3 is 20.6 Å². The molecular weight excluding hydrogens is 344 g/mol. The Hall–Kier alpha value is -3.35. The van der Waals surface area contributed by atoms with Crippen molar-refractivity contribution in [3.05, 3.63) is 70.1 Å². The summed E-state index contributed by atoms with van der Waals surface area (Å²) < 4.78 is 0. The van der Waals surface area contributed by atoms with Crippen molar-refractivity contribution in [3.8, 4) is 0 Å². The zero-order valence-corrected chi connectivity index (χ0v) is 14.9. The number of carbonyl (C=O) groups is 2. The normalized spacial score (nSPS) is 10.8. The fourth-order valence-corrected chi connectivity index (χ4v) is 3.06. The number of nitrogens with two attached hydrogens (primary N) is 1. The molecule has 0 fully saturated rings. The second-order valence-electron chi connectivity index (χ2n) is 6.51. The molecule has 2 amide bonds. The molecule has 27 heavy (non-hydrogen) atoms. The van der Waals surface area contributed by atoms with Crippen molar-refractivity contribution in [3.63, 3.8) is 0 Å². The molecule has 1 aromatic heterocycles. The van der Waals surface area contributed by atoms with E-state index in [1.165, 1.54) is 4.90 Å². The molecule has 7 nitrogen and oxygen atoms in total. The van der Waals surface area contributed by atoms with Gasteiger partial charge in [0.2, 0.25) is 11.8 Å². The lowest BCUT2D eigenvalue weighted by Crippen LogP contribution is -2.37. The first kappa shape index (κ1) is 18.4. The van der Waals surface area contributed by atoms with Gasteiger partial charge in [-0.05, 0) is 36.1 Å². The van der Waals surface area contributed by atoms with Crippen molar-refractivity contribution in [1.82, 2.24) is 14.9 Å². The summed E-state index contributed by atoms with van der Waals surface area (Å²) in [4.78, 5) is 42.1. The highest BCUT2D eigenvalue weighted by Crippen LogP contribution is 2.14. The Morgan fingerprint density at radius 1 is 0.963 bits per heavy atom. The minimum absolute atomic E-state index is 0.0930. The van der Waals surface area contributed by atoms with E-state index >= 15 is 0 Å². The van der Waals surface area contributed by atoms with Crippen molar-refractivity contribution in [2.45, 2.75) is 25.8 Å². The van der Waals surface area contributed by atoms with E-state index < -0.39 is 5.91 Å². The number of H-pyrrole nitrogens is 2. The van der Waals surface area contributed by atoms with Gasteiger partial charge in [0, 0.05) is 13.0 Å². The zero-order valence-electron chi connectivity index (χ0n) is 14.9. The topological polar surface area (TPSA) is 112 Å². The van der Waals surface area contributed by atoms with Gasteiger partial charge in [-0.2, -0.15) is 0 Å². The molecule has 2 aromatic carbocycles. The van der Waals surface area contributed by atoms with Gasteiger partial charge in [-0.1, -0.05) is 36.4 Å². The molecule has 4 N–H and O–H groups in total. The number of benzene rings is 2. The largest absolute Gasteiger partial charge is 0.368 e. The van der Waals surface area contributed by atoms with Crippen LogP contribution in [-0.4, -0.2) is 33.2 Å². The summed E-state index contributed by atoms with van der Waals surface area (Å²) >= 11 is 0. The van der Waals surface area contributed by atoms with Crippen molar-refractivity contribution in [1.29, 1.82) is 0 Å². The van der Waals surface area contributed by atoms with Crippen molar-refractivity contribution >= 4 is 22.8 Å². The third-order valence-electron chi connectivity index (χ3n) is 4.35. The van der Waals surface area contributed by atoms with Crippen LogP contribution in [0.3, 0.4) is 0 Å². The number of nitrogens with one attached hydrogen (secondary N) is 2. The summed E-state index contributed by atoms with van der Waals surface area (Å²) in [5, 5.41) is 0. The molecule has 0 aliphatic heterocycles. The Morgan fingerprint density at radius 2 is 1.70 bits per heavy atom. The number of fused-ring (bicyclic) bond motifs is 1. The van der Waals surface area contributed by atoms with Crippen LogP contribution in [-0.2, 0) is 22.6 Å². The molecule has 3 aromatic rings. The highest BCUT2D eigenvalue weighted by atomic mass is 16.2. The molecule has 7 heteroatoms. The van der Waals surface area contributed by atoms with Crippen molar-refractivity contribution < 1.29 is 9.59 Å². The van der Waals surface area contributed by atoms with Crippen LogP contribution in [0.4, 0.5) is 0 Å². The third kappa shape index (κ3) is 5.07. The van der Waals surface area contributed by atoms with Gasteiger partial charge in [-0.25, -0.2) is 4.79 Å². The van der Waals surface area contributed by atoms with Gasteiger partial charge in [0.15, 0.2) is 0 Å². The number of nitrogens with zero attached hydrogens (tertiary/aromatic N) is 1. The van der Waals surface area contributed by atoms with E-state index in [0.29, 0.717) is 25.8 Å². The molecule has 0 aliphatic rings. The number of hydrogen-bond donors (Lipinski definition) is 3. The Balaban J connectivity index is 1.58. The Bertz CT molecular complexity index is 991. The number of amides is 2. The standard InChI is InChI=1S/C20H22N4O3/c21-18(25)13-24(12-15-5-2-1-3-6-15)19(26)8-4-7-14-9-10-16-17(11-14)23-20(27)22-16/h1-3,5-6,9-11H,4,7-8,12-13H2,(H2,21,25)(H2,22,23,27). The molecular formula is C20H22N4O3. The second-order valence-corrected chi connectivity index (χ2v) is 6.51. The van der Waals surface area contributed by atoms with Gasteiger partial charge in [-0.3, -0.25) is 9.59 Å². The number of hydrogen-bond acceptors (Lipinski definition) is 3. The highest BCUT2D eigenvalue weighted by molar-refractivity contribution is 5.83. The van der Waals surface area contributed by atoms with Crippen LogP contribution < -0.4 is 11.4 Å². The molecule has 0 saturated carbocycles. The summed E-state index contributed by atoms with van der Waals surface area (Å²) in [5.74, 6) is -0.630. The first-order valence-electron chi connectivity index (χ1n) is 8.82. The fourth-order valence-electron chi connectivity index (χ4n) is 3.06. The Morgan fingerprint density at radius 3 is 2.44 bits per heavy atom. The second kappa shape index (κ2) is 8.35. The van der Waals surface area contributed by atoms with Crippen LogP contribution in [0, 0.1) is 0 Å². The molecule has 0 spiro atoms. The van der Waals surface area contributed by atoms with E-state index in [0.717, 1.165) is 22.2 Å². The van der Waals surface area contributed by atoms with Gasteiger partial charge in [0.25, 0.3) is 0 Å². The predicted octanol–water partition coefficient (Wildman–Crippen LogP) is 1.69. The van der Waals surface area contributed by atoms with E-state index in [4.69, 9.17) is 5.73 Å². The maximum atomic E-state index is 12.6. The summed E-state index contributed by atoms with van der Waals surface area (Å²) in [6.45, 7) is 0.267. The number of rotatable bonds is 8. The quantitative estimate of drug-likeness (QED) is 0.564. The summed E-state index contributed by atoms with van der Waals surface area (Å²) in [6, 6.07) is 15.2. The van der Waals surface area contributed by atoms with Crippen LogP contribution in [0.5, 0.6) is 0 Å². The molecule has 0 aliphatic carbocycles. The maximum absolute atomic E-state index is 12.6. The molecule has 140 valence electrons. The first-order valence-corrected chi connectivity index (χ1v) is 8.82. The molecule has 0 unspecified atom stereocenters. The van der Waals surface area contributed by atoms with Crippen molar-refractivity contribution in [2.24, 2.45) is 5.73 Å². The number of aryl methyl sites for hydroxylation is 1. The van der Waals surface area contributed by atoms with Crippen LogP contribution in [0.1, 0.15) is 24.0 Å². The van der Waals surface area contributed by atoms with E-state index in [2.05, 4.69) is 9.97 Å². The molecule has 0 saturated heterocycles. The van der Waals surface area contributed by atoms with Gasteiger partial charge in [0.05, 0.1) is 17.6 Å². The lowest BCUT2D eigenvalue weighted by molar-refractivity contribution is -0.135. The molecule has 0 radical (unpaired) electrons. The van der Waals surface area contributed by atoms with Crippen LogP contribution >= 0.6 is 0 Å². The van der Waals surface area contributed by atoms with Gasteiger partial charge in [-0.15, -0.1) is 0 Å². The summed E-state index contributed by atoms with van der Waals surface area (Å²) in [6.07, 6.45) is 1.66. The van der Waals surface area contributed by atoms with E-state index in [-0.39, 0.29) is 18.1 Å². The van der Waals surface area contributed by atoms with Crippen LogP contribution in [0.15, 0.2) is 53.3 Å². The van der Waals surface area contributed by atoms with Gasteiger partial charge >= 0.3 is 5.69 Å². The highest BCUT2D eigenvalue weighted by Gasteiger charge is 2.16. The average molecular weight is 366 g/mol.